The number of benzene rings is 2. The Kier molecular flexibility index (Phi) is 7.34. The molecular weight excluding hydrogens is 437 g/mol. The molecule has 1 fully saturated rings. The molecule has 2 amide bonds. The van der Waals surface area contributed by atoms with Crippen molar-refractivity contribution in [2.45, 2.75) is 19.4 Å². The molecule has 0 aromatic heterocycles. The van der Waals surface area contributed by atoms with Gasteiger partial charge in [-0.05, 0) is 43.2 Å². The number of carbonyl (C=O) groups excluding carboxylic acids is 2. The summed E-state index contributed by atoms with van der Waals surface area (Å²) >= 11 is 0. The van der Waals surface area contributed by atoms with Crippen LogP contribution < -0.4 is 14.8 Å². The standard InChI is InChI=1S/C22H26FN3O5S/c1-32(29,30)26(14-17-4-2-3-5-20(17)23)18-6-8-19(9-7-18)31-15-21(27)25-12-10-16(11-13-25)22(24)28/h2-9,16H,10-15H2,1H3,(H2,24,28). The third kappa shape index (κ3) is 5.97. The van der Waals surface area contributed by atoms with E-state index in [-0.39, 0.29) is 36.4 Å². The third-order valence-electron chi connectivity index (χ3n) is 5.41. The first-order chi connectivity index (χ1) is 15.1. The SMILES string of the molecule is CS(=O)(=O)N(Cc1ccccc1F)c1ccc(OCC(=O)N2CCC(C(N)=O)CC2)cc1. The quantitative estimate of drug-likeness (QED) is 0.643. The van der Waals surface area contributed by atoms with Gasteiger partial charge in [0.25, 0.3) is 5.91 Å². The highest BCUT2D eigenvalue weighted by atomic mass is 32.2. The fourth-order valence-electron chi connectivity index (χ4n) is 3.54. The van der Waals surface area contributed by atoms with Crippen LogP contribution in [0.4, 0.5) is 10.1 Å². The second kappa shape index (κ2) is 9.99. The van der Waals surface area contributed by atoms with Crippen LogP contribution in [0.3, 0.4) is 0 Å². The van der Waals surface area contributed by atoms with E-state index in [9.17, 15) is 22.4 Å². The van der Waals surface area contributed by atoms with Crippen LogP contribution in [-0.4, -0.2) is 51.1 Å². The lowest BCUT2D eigenvalue weighted by atomic mass is 9.96. The van der Waals surface area contributed by atoms with E-state index in [4.69, 9.17) is 10.5 Å². The van der Waals surface area contributed by atoms with Crippen LogP contribution in [0.15, 0.2) is 48.5 Å². The van der Waals surface area contributed by atoms with Gasteiger partial charge in [-0.15, -0.1) is 0 Å². The van der Waals surface area contributed by atoms with E-state index in [1.807, 2.05) is 0 Å². The highest BCUT2D eigenvalue weighted by Crippen LogP contribution is 2.25. The number of likely N-dealkylation sites (tertiary alicyclic amines) is 1. The summed E-state index contributed by atoms with van der Waals surface area (Å²) in [6, 6.07) is 12.2. The van der Waals surface area contributed by atoms with E-state index in [1.165, 1.54) is 18.2 Å². The molecule has 10 heteroatoms. The van der Waals surface area contributed by atoms with Crippen molar-refractivity contribution in [1.82, 2.24) is 4.90 Å². The molecule has 2 aromatic rings. The summed E-state index contributed by atoms with van der Waals surface area (Å²) in [5, 5.41) is 0. The number of hydrogen-bond donors (Lipinski definition) is 1. The predicted molar refractivity (Wildman–Crippen MR) is 118 cm³/mol. The Bertz CT molecular complexity index is 1070. The molecule has 32 heavy (non-hydrogen) atoms. The van der Waals surface area contributed by atoms with Gasteiger partial charge in [-0.3, -0.25) is 13.9 Å². The zero-order valence-electron chi connectivity index (χ0n) is 17.7. The van der Waals surface area contributed by atoms with Crippen molar-refractivity contribution in [1.29, 1.82) is 0 Å². The van der Waals surface area contributed by atoms with Crippen LogP contribution in [0, 0.1) is 11.7 Å². The van der Waals surface area contributed by atoms with Crippen molar-refractivity contribution < 1.29 is 27.1 Å². The molecule has 0 spiro atoms. The van der Waals surface area contributed by atoms with Gasteiger partial charge in [0.1, 0.15) is 11.6 Å². The Balaban J connectivity index is 1.61. The summed E-state index contributed by atoms with van der Waals surface area (Å²) in [6.07, 6.45) is 2.14. The van der Waals surface area contributed by atoms with Gasteiger partial charge in [0.2, 0.25) is 15.9 Å². The van der Waals surface area contributed by atoms with Gasteiger partial charge < -0.3 is 15.4 Å². The van der Waals surface area contributed by atoms with Crippen molar-refractivity contribution in [3.05, 3.63) is 59.9 Å². The van der Waals surface area contributed by atoms with Crippen LogP contribution in [0.25, 0.3) is 0 Å². The molecule has 0 bridgehead atoms. The number of rotatable bonds is 8. The number of nitrogens with two attached hydrogens (primary N) is 1. The lowest BCUT2D eigenvalue weighted by molar-refractivity contribution is -0.136. The first kappa shape index (κ1) is 23.5. The van der Waals surface area contributed by atoms with Gasteiger partial charge in [-0.2, -0.15) is 0 Å². The number of ether oxygens (including phenoxy) is 1. The Morgan fingerprint density at radius 3 is 2.31 bits per heavy atom. The molecule has 1 heterocycles. The molecule has 8 nitrogen and oxygen atoms in total. The maximum Gasteiger partial charge on any atom is 0.260 e. The second-order valence-electron chi connectivity index (χ2n) is 7.70. The topological polar surface area (TPSA) is 110 Å². The van der Waals surface area contributed by atoms with Crippen LogP contribution in [0.2, 0.25) is 0 Å². The second-order valence-corrected chi connectivity index (χ2v) is 9.61. The first-order valence-electron chi connectivity index (χ1n) is 10.2. The van der Waals surface area contributed by atoms with E-state index in [1.54, 1.807) is 35.2 Å². The molecule has 3 rings (SSSR count). The van der Waals surface area contributed by atoms with E-state index < -0.39 is 15.8 Å². The molecule has 1 aliphatic heterocycles. The molecule has 0 aliphatic carbocycles. The number of amides is 2. The number of piperidine rings is 1. The van der Waals surface area contributed by atoms with E-state index >= 15 is 0 Å². The molecule has 0 unspecified atom stereocenters. The van der Waals surface area contributed by atoms with Crippen LogP contribution >= 0.6 is 0 Å². The van der Waals surface area contributed by atoms with Crippen molar-refractivity contribution in [2.24, 2.45) is 11.7 Å². The largest absolute Gasteiger partial charge is 0.484 e. The Morgan fingerprint density at radius 2 is 1.75 bits per heavy atom. The molecule has 0 atom stereocenters. The van der Waals surface area contributed by atoms with Gasteiger partial charge in [-0.1, -0.05) is 18.2 Å². The number of carbonyl (C=O) groups is 2. The molecule has 172 valence electrons. The highest BCUT2D eigenvalue weighted by Gasteiger charge is 2.26. The minimum Gasteiger partial charge on any atom is -0.484 e. The van der Waals surface area contributed by atoms with Gasteiger partial charge >= 0.3 is 0 Å². The first-order valence-corrected chi connectivity index (χ1v) is 12.0. The highest BCUT2D eigenvalue weighted by molar-refractivity contribution is 7.92. The average molecular weight is 464 g/mol. The molecule has 2 N–H and O–H groups in total. The van der Waals surface area contributed by atoms with E-state index in [2.05, 4.69) is 0 Å². The number of hydrogen-bond acceptors (Lipinski definition) is 5. The maximum atomic E-state index is 14.0. The molecule has 1 aliphatic rings. The third-order valence-corrected chi connectivity index (χ3v) is 6.55. The zero-order valence-corrected chi connectivity index (χ0v) is 18.6. The Labute approximate surface area is 186 Å². The average Bonchev–Trinajstić information content (AvgIpc) is 2.76. The number of sulfonamides is 1. The summed E-state index contributed by atoms with van der Waals surface area (Å²) < 4.78 is 45.2. The summed E-state index contributed by atoms with van der Waals surface area (Å²) in [7, 11) is -3.66. The predicted octanol–water partition coefficient (Wildman–Crippen LogP) is 1.89. The van der Waals surface area contributed by atoms with Crippen LogP contribution in [0.1, 0.15) is 18.4 Å². The summed E-state index contributed by atoms with van der Waals surface area (Å²) in [4.78, 5) is 25.2. The molecule has 0 radical (unpaired) electrons. The minimum absolute atomic E-state index is 0.147. The van der Waals surface area contributed by atoms with Gasteiger partial charge in [0.05, 0.1) is 18.5 Å². The van der Waals surface area contributed by atoms with Crippen molar-refractivity contribution in [2.75, 3.05) is 30.3 Å². The lowest BCUT2D eigenvalue weighted by Crippen LogP contribution is -2.43. The normalized spacial score (nSPS) is 14.8. The lowest BCUT2D eigenvalue weighted by Gasteiger charge is -2.30. The fourth-order valence-corrected chi connectivity index (χ4v) is 4.42. The fraction of sp³-hybridized carbons (Fsp3) is 0.364. The van der Waals surface area contributed by atoms with Crippen molar-refractivity contribution in [3.8, 4) is 5.75 Å². The van der Waals surface area contributed by atoms with Crippen LogP contribution in [0.5, 0.6) is 5.75 Å². The Hall–Kier alpha value is -3.14. The number of nitrogens with zero attached hydrogens (tertiary/aromatic N) is 2. The van der Waals surface area contributed by atoms with Crippen molar-refractivity contribution >= 4 is 27.5 Å². The summed E-state index contributed by atoms with van der Waals surface area (Å²) in [5.74, 6) is -0.830. The number of primary amides is 1. The number of halogens is 1. The number of anilines is 1. The van der Waals surface area contributed by atoms with Gasteiger partial charge in [0, 0.05) is 24.6 Å². The molecule has 1 saturated heterocycles. The van der Waals surface area contributed by atoms with Crippen LogP contribution in [-0.2, 0) is 26.2 Å². The minimum atomic E-state index is -3.66. The Morgan fingerprint density at radius 1 is 1.12 bits per heavy atom. The summed E-state index contributed by atoms with van der Waals surface area (Å²) in [5.41, 5.74) is 5.91. The van der Waals surface area contributed by atoms with E-state index in [0.717, 1.165) is 10.6 Å². The monoisotopic (exact) mass is 463 g/mol. The summed E-state index contributed by atoms with van der Waals surface area (Å²) in [6.45, 7) is 0.583. The maximum absolute atomic E-state index is 14.0. The van der Waals surface area contributed by atoms with Gasteiger partial charge in [-0.25, -0.2) is 12.8 Å². The molecule has 0 saturated carbocycles. The molecule has 2 aromatic carbocycles. The molecular formula is C22H26FN3O5S. The van der Waals surface area contributed by atoms with E-state index in [0.29, 0.717) is 37.4 Å². The zero-order chi connectivity index (χ0) is 23.3. The smallest absolute Gasteiger partial charge is 0.260 e. The van der Waals surface area contributed by atoms with Gasteiger partial charge in [0.15, 0.2) is 6.61 Å². The van der Waals surface area contributed by atoms with Crippen molar-refractivity contribution in [3.63, 3.8) is 0 Å².